The van der Waals surface area contributed by atoms with Crippen molar-refractivity contribution in [2.75, 3.05) is 13.2 Å². The summed E-state index contributed by atoms with van der Waals surface area (Å²) in [6.45, 7) is 4.32. The summed E-state index contributed by atoms with van der Waals surface area (Å²) in [5.74, 6) is 0.319. The molecule has 1 aromatic carbocycles. The summed E-state index contributed by atoms with van der Waals surface area (Å²) in [7, 11) is 0. The van der Waals surface area contributed by atoms with E-state index in [4.69, 9.17) is 4.74 Å². The maximum Gasteiger partial charge on any atom is 0.167 e. The van der Waals surface area contributed by atoms with Crippen molar-refractivity contribution in [3.63, 3.8) is 0 Å². The Morgan fingerprint density at radius 3 is 2.48 bits per heavy atom. The SMILES string of the molecule is Cc1ccc(C(=O)C2CC3COCC(C2)N3Cc2ccccc2)cn1. The zero-order valence-corrected chi connectivity index (χ0v) is 14.6. The van der Waals surface area contributed by atoms with E-state index in [1.54, 1.807) is 6.20 Å². The van der Waals surface area contributed by atoms with Gasteiger partial charge in [0.05, 0.1) is 13.2 Å². The molecule has 4 nitrogen and oxygen atoms in total. The molecule has 3 heterocycles. The fourth-order valence-electron chi connectivity index (χ4n) is 4.11. The van der Waals surface area contributed by atoms with Crippen molar-refractivity contribution in [2.24, 2.45) is 5.92 Å². The van der Waals surface area contributed by atoms with E-state index in [0.717, 1.165) is 43.9 Å². The van der Waals surface area contributed by atoms with E-state index >= 15 is 0 Å². The van der Waals surface area contributed by atoms with E-state index in [1.165, 1.54) is 5.56 Å². The molecule has 2 atom stereocenters. The van der Waals surface area contributed by atoms with Gasteiger partial charge in [-0.25, -0.2) is 0 Å². The standard InChI is InChI=1S/C21H24N2O2/c1-15-7-8-17(11-22-15)21(24)18-9-19-13-25-14-20(10-18)23(19)12-16-5-3-2-4-6-16/h2-8,11,18-20H,9-10,12-14H2,1H3. The molecule has 2 saturated heterocycles. The van der Waals surface area contributed by atoms with Crippen LogP contribution in [0.15, 0.2) is 48.7 Å². The van der Waals surface area contributed by atoms with Gasteiger partial charge in [0.15, 0.2) is 5.78 Å². The molecule has 2 aromatic rings. The first kappa shape index (κ1) is 16.4. The maximum atomic E-state index is 12.9. The number of morpholine rings is 1. The third-order valence-electron chi connectivity index (χ3n) is 5.45. The van der Waals surface area contributed by atoms with Gasteiger partial charge in [0, 0.05) is 42.0 Å². The predicted molar refractivity (Wildman–Crippen MR) is 96.4 cm³/mol. The molecule has 2 fully saturated rings. The Hall–Kier alpha value is -2.04. The van der Waals surface area contributed by atoms with Crippen molar-refractivity contribution in [1.29, 1.82) is 0 Å². The third kappa shape index (κ3) is 3.51. The van der Waals surface area contributed by atoms with Gasteiger partial charge in [-0.3, -0.25) is 14.7 Å². The molecule has 0 amide bonds. The highest BCUT2D eigenvalue weighted by atomic mass is 16.5. The smallest absolute Gasteiger partial charge is 0.167 e. The average Bonchev–Trinajstić information content (AvgIpc) is 2.62. The van der Waals surface area contributed by atoms with Crippen LogP contribution in [0.1, 0.15) is 34.5 Å². The zero-order valence-electron chi connectivity index (χ0n) is 14.6. The number of hydrogen-bond acceptors (Lipinski definition) is 4. The van der Waals surface area contributed by atoms with Gasteiger partial charge in [0.1, 0.15) is 0 Å². The largest absolute Gasteiger partial charge is 0.378 e. The summed E-state index contributed by atoms with van der Waals surface area (Å²) in [4.78, 5) is 19.7. The molecule has 4 rings (SSSR count). The summed E-state index contributed by atoms with van der Waals surface area (Å²) < 4.78 is 5.79. The van der Waals surface area contributed by atoms with Crippen molar-refractivity contribution in [3.8, 4) is 0 Å². The fraction of sp³-hybridized carbons (Fsp3) is 0.429. The van der Waals surface area contributed by atoms with Crippen LogP contribution >= 0.6 is 0 Å². The van der Waals surface area contributed by atoms with Crippen molar-refractivity contribution in [1.82, 2.24) is 9.88 Å². The summed E-state index contributed by atoms with van der Waals surface area (Å²) in [5, 5.41) is 0. The number of hydrogen-bond donors (Lipinski definition) is 0. The second kappa shape index (κ2) is 7.06. The van der Waals surface area contributed by atoms with E-state index in [0.29, 0.717) is 12.1 Å². The number of rotatable bonds is 4. The second-order valence-corrected chi connectivity index (χ2v) is 7.22. The average molecular weight is 336 g/mol. The number of benzene rings is 1. The Labute approximate surface area is 148 Å². The Bertz CT molecular complexity index is 715. The monoisotopic (exact) mass is 336 g/mol. The number of fused-ring (bicyclic) bond motifs is 2. The van der Waals surface area contributed by atoms with E-state index in [2.05, 4.69) is 34.1 Å². The molecule has 2 aliphatic rings. The number of aryl methyl sites for hydroxylation is 1. The zero-order chi connectivity index (χ0) is 17.2. The molecule has 0 spiro atoms. The summed E-state index contributed by atoms with van der Waals surface area (Å²) >= 11 is 0. The van der Waals surface area contributed by atoms with Gasteiger partial charge in [-0.15, -0.1) is 0 Å². The van der Waals surface area contributed by atoms with Crippen LogP contribution in [0.2, 0.25) is 0 Å². The van der Waals surface area contributed by atoms with Crippen LogP contribution in [-0.2, 0) is 11.3 Å². The molecule has 130 valence electrons. The Morgan fingerprint density at radius 1 is 1.12 bits per heavy atom. The molecule has 4 heteroatoms. The maximum absolute atomic E-state index is 12.9. The van der Waals surface area contributed by atoms with Gasteiger partial charge in [0.2, 0.25) is 0 Å². The lowest BCUT2D eigenvalue weighted by molar-refractivity contribution is -0.0872. The summed E-state index contributed by atoms with van der Waals surface area (Å²) in [6.07, 6.45) is 3.46. The highest BCUT2D eigenvalue weighted by Gasteiger charge is 2.41. The first-order valence-corrected chi connectivity index (χ1v) is 9.05. The number of carbonyl (C=O) groups excluding carboxylic acids is 1. The van der Waals surface area contributed by atoms with Gasteiger partial charge < -0.3 is 4.74 Å². The van der Waals surface area contributed by atoms with E-state index in [9.17, 15) is 4.79 Å². The lowest BCUT2D eigenvalue weighted by atomic mass is 9.80. The number of Topliss-reactive ketones (excluding diaryl/α,β-unsaturated/α-hetero) is 1. The molecule has 0 N–H and O–H groups in total. The Kier molecular flexibility index (Phi) is 4.64. The summed E-state index contributed by atoms with van der Waals surface area (Å²) in [6, 6.07) is 15.0. The molecule has 2 bridgehead atoms. The van der Waals surface area contributed by atoms with Crippen LogP contribution in [0.3, 0.4) is 0 Å². The number of piperidine rings is 1. The highest BCUT2D eigenvalue weighted by Crippen LogP contribution is 2.34. The predicted octanol–water partition coefficient (Wildman–Crippen LogP) is 3.25. The number of ether oxygens (including phenoxy) is 1. The normalized spacial score (nSPS) is 26.4. The molecule has 25 heavy (non-hydrogen) atoms. The third-order valence-corrected chi connectivity index (χ3v) is 5.45. The topological polar surface area (TPSA) is 42.4 Å². The van der Waals surface area contributed by atoms with Crippen molar-refractivity contribution in [2.45, 2.75) is 38.4 Å². The molecule has 0 saturated carbocycles. The number of ketones is 1. The van der Waals surface area contributed by atoms with E-state index < -0.39 is 0 Å². The van der Waals surface area contributed by atoms with Crippen molar-refractivity contribution < 1.29 is 9.53 Å². The minimum atomic E-state index is 0.0791. The van der Waals surface area contributed by atoms with Crippen molar-refractivity contribution in [3.05, 3.63) is 65.5 Å². The van der Waals surface area contributed by atoms with Crippen LogP contribution in [-0.4, -0.2) is 41.0 Å². The van der Waals surface area contributed by atoms with Crippen LogP contribution in [0, 0.1) is 12.8 Å². The molecule has 2 aliphatic heterocycles. The lowest BCUT2D eigenvalue weighted by Gasteiger charge is -2.48. The van der Waals surface area contributed by atoms with Gasteiger partial charge in [-0.05, 0) is 37.5 Å². The van der Waals surface area contributed by atoms with Crippen LogP contribution in [0.4, 0.5) is 0 Å². The summed E-state index contributed by atoms with van der Waals surface area (Å²) in [5.41, 5.74) is 3.01. The molecular formula is C21H24N2O2. The van der Waals surface area contributed by atoms with Crippen LogP contribution in [0.5, 0.6) is 0 Å². The molecule has 1 aromatic heterocycles. The fourth-order valence-corrected chi connectivity index (χ4v) is 4.11. The minimum absolute atomic E-state index is 0.0791. The van der Waals surface area contributed by atoms with Gasteiger partial charge in [0.25, 0.3) is 0 Å². The molecular weight excluding hydrogens is 312 g/mol. The van der Waals surface area contributed by atoms with Crippen LogP contribution < -0.4 is 0 Å². The second-order valence-electron chi connectivity index (χ2n) is 7.22. The quantitative estimate of drug-likeness (QED) is 0.804. The van der Waals surface area contributed by atoms with Gasteiger partial charge >= 0.3 is 0 Å². The number of nitrogens with zero attached hydrogens (tertiary/aromatic N) is 2. The molecule has 2 unspecified atom stereocenters. The number of carbonyl (C=O) groups is 1. The minimum Gasteiger partial charge on any atom is -0.378 e. The van der Waals surface area contributed by atoms with Gasteiger partial charge in [-0.1, -0.05) is 30.3 Å². The Balaban J connectivity index is 1.49. The molecule has 0 radical (unpaired) electrons. The van der Waals surface area contributed by atoms with Gasteiger partial charge in [-0.2, -0.15) is 0 Å². The Morgan fingerprint density at radius 2 is 1.84 bits per heavy atom. The van der Waals surface area contributed by atoms with E-state index in [1.807, 2.05) is 25.1 Å². The van der Waals surface area contributed by atoms with Crippen molar-refractivity contribution >= 4 is 5.78 Å². The highest BCUT2D eigenvalue weighted by molar-refractivity contribution is 5.97. The molecule has 0 aliphatic carbocycles. The number of pyridine rings is 1. The van der Waals surface area contributed by atoms with Crippen LogP contribution in [0.25, 0.3) is 0 Å². The first-order valence-electron chi connectivity index (χ1n) is 9.05. The first-order chi connectivity index (χ1) is 12.2. The lowest BCUT2D eigenvalue weighted by Crippen LogP contribution is -2.57. The van der Waals surface area contributed by atoms with E-state index in [-0.39, 0.29) is 11.7 Å². The number of aromatic nitrogens is 1.